The Bertz CT molecular complexity index is 62.5. The molecular formula is C5H9ClS. The molecule has 0 unspecified atom stereocenters. The molecule has 1 aliphatic rings. The van der Waals surface area contributed by atoms with Crippen LogP contribution in [0.3, 0.4) is 0 Å². The third-order valence-corrected chi connectivity index (χ3v) is 2.17. The third kappa shape index (κ3) is 2.25. The average molecular weight is 137 g/mol. The molecule has 1 fully saturated rings. The van der Waals surface area contributed by atoms with Gasteiger partial charge in [0.15, 0.2) is 0 Å². The summed E-state index contributed by atoms with van der Waals surface area (Å²) in [4.78, 5) is 1.43. The van der Waals surface area contributed by atoms with Crippen LogP contribution in [-0.2, 0) is 11.8 Å². The first-order chi connectivity index (χ1) is 2.89. The van der Waals surface area contributed by atoms with E-state index in [1.165, 1.54) is 35.3 Å². The Labute approximate surface area is 54.8 Å². The van der Waals surface area contributed by atoms with Gasteiger partial charge in [-0.1, -0.05) is 0 Å². The van der Waals surface area contributed by atoms with Crippen molar-refractivity contribution in [2.75, 3.05) is 5.75 Å². The molecule has 2 heteroatoms. The van der Waals surface area contributed by atoms with Crippen LogP contribution >= 0.6 is 0 Å². The minimum absolute atomic E-state index is 0. The summed E-state index contributed by atoms with van der Waals surface area (Å²) >= 11 is 1.50. The Morgan fingerprint density at radius 3 is 2.43 bits per heavy atom. The molecule has 0 N–H and O–H groups in total. The maximum absolute atomic E-state index is 3.84. The second-order valence-electron chi connectivity index (χ2n) is 1.55. The van der Waals surface area contributed by atoms with Crippen molar-refractivity contribution in [1.29, 1.82) is 0 Å². The summed E-state index contributed by atoms with van der Waals surface area (Å²) in [5.41, 5.74) is 0. The second kappa shape index (κ2) is 3.39. The third-order valence-electron chi connectivity index (χ3n) is 0.959. The van der Waals surface area contributed by atoms with E-state index in [9.17, 15) is 0 Å². The SMILES string of the molecule is C=C1CCC[SH+]1.[Cl-]. The van der Waals surface area contributed by atoms with Crippen molar-refractivity contribution in [2.45, 2.75) is 12.8 Å². The summed E-state index contributed by atoms with van der Waals surface area (Å²) in [7, 11) is 0. The zero-order valence-electron chi connectivity index (χ0n) is 4.15. The van der Waals surface area contributed by atoms with Gasteiger partial charge >= 0.3 is 0 Å². The molecule has 0 atom stereocenters. The molecule has 1 rings (SSSR count). The van der Waals surface area contributed by atoms with Crippen LogP contribution in [0.4, 0.5) is 0 Å². The summed E-state index contributed by atoms with van der Waals surface area (Å²) in [5, 5.41) is 0. The molecule has 0 radical (unpaired) electrons. The van der Waals surface area contributed by atoms with Crippen molar-refractivity contribution >= 4 is 11.8 Å². The quantitative estimate of drug-likeness (QED) is 0.270. The minimum atomic E-state index is 0. The molecule has 0 aromatic heterocycles. The lowest BCUT2D eigenvalue weighted by molar-refractivity contribution is -0.00000119. The molecule has 7 heavy (non-hydrogen) atoms. The molecule has 1 heterocycles. The minimum Gasteiger partial charge on any atom is -1.00 e. The van der Waals surface area contributed by atoms with Gasteiger partial charge in [0, 0.05) is 24.6 Å². The van der Waals surface area contributed by atoms with E-state index in [1.807, 2.05) is 0 Å². The first-order valence-corrected chi connectivity index (χ1v) is 3.33. The highest BCUT2D eigenvalue weighted by atomic mass is 35.5. The van der Waals surface area contributed by atoms with Crippen LogP contribution in [0.2, 0.25) is 0 Å². The fourth-order valence-corrected chi connectivity index (χ4v) is 1.55. The van der Waals surface area contributed by atoms with Gasteiger partial charge in [0.2, 0.25) is 0 Å². The van der Waals surface area contributed by atoms with E-state index in [2.05, 4.69) is 6.58 Å². The molecule has 1 saturated heterocycles. The van der Waals surface area contributed by atoms with E-state index < -0.39 is 0 Å². The molecule has 0 spiro atoms. The molecule has 0 aromatic carbocycles. The summed E-state index contributed by atoms with van der Waals surface area (Å²) in [5.74, 6) is 1.36. The monoisotopic (exact) mass is 136 g/mol. The highest BCUT2D eigenvalue weighted by Crippen LogP contribution is 2.12. The van der Waals surface area contributed by atoms with Crippen LogP contribution in [0.5, 0.6) is 0 Å². The molecular weight excluding hydrogens is 128 g/mol. The lowest BCUT2D eigenvalue weighted by atomic mass is 10.3. The zero-order valence-corrected chi connectivity index (χ0v) is 5.80. The number of thiol groups is 1. The first kappa shape index (κ1) is 7.38. The van der Waals surface area contributed by atoms with Crippen molar-refractivity contribution < 1.29 is 12.4 Å². The Kier molecular flexibility index (Phi) is 3.57. The number of allylic oxidation sites excluding steroid dienone is 1. The number of rotatable bonds is 0. The van der Waals surface area contributed by atoms with Crippen molar-refractivity contribution in [2.24, 2.45) is 0 Å². The average Bonchev–Trinajstić information content (AvgIpc) is 1.86. The van der Waals surface area contributed by atoms with E-state index >= 15 is 0 Å². The Morgan fingerprint density at radius 1 is 1.57 bits per heavy atom. The van der Waals surface area contributed by atoms with E-state index in [0.29, 0.717) is 0 Å². The van der Waals surface area contributed by atoms with Crippen LogP contribution in [-0.4, -0.2) is 5.75 Å². The maximum atomic E-state index is 3.84. The Balaban J connectivity index is 0.000000360. The summed E-state index contributed by atoms with van der Waals surface area (Å²) in [6, 6.07) is 0. The summed E-state index contributed by atoms with van der Waals surface area (Å²) in [6.07, 6.45) is 2.65. The van der Waals surface area contributed by atoms with Gasteiger partial charge in [-0.3, -0.25) is 0 Å². The van der Waals surface area contributed by atoms with Gasteiger partial charge in [-0.05, 0) is 6.58 Å². The molecule has 42 valence electrons. The number of hydrogen-bond donors (Lipinski definition) is 0. The maximum Gasteiger partial charge on any atom is 0.122 e. The first-order valence-electron chi connectivity index (χ1n) is 2.25. The molecule has 0 aliphatic carbocycles. The van der Waals surface area contributed by atoms with Gasteiger partial charge in [-0.15, -0.1) is 0 Å². The van der Waals surface area contributed by atoms with Gasteiger partial charge in [-0.2, -0.15) is 0 Å². The van der Waals surface area contributed by atoms with Gasteiger partial charge in [-0.25, -0.2) is 0 Å². The normalized spacial score (nSPS) is 19.1. The molecule has 0 amide bonds. The van der Waals surface area contributed by atoms with E-state index in [0.717, 1.165) is 0 Å². The predicted octanol–water partition coefficient (Wildman–Crippen LogP) is -1.89. The fourth-order valence-electron chi connectivity index (χ4n) is 0.599. The summed E-state index contributed by atoms with van der Waals surface area (Å²) < 4.78 is 0. The standard InChI is InChI=1S/C5H8S.ClH/c1-5-3-2-4-6-5;/h1-4H2;1H. The van der Waals surface area contributed by atoms with E-state index in [4.69, 9.17) is 0 Å². The van der Waals surface area contributed by atoms with Crippen LogP contribution in [0.15, 0.2) is 11.5 Å². The highest BCUT2D eigenvalue weighted by Gasteiger charge is 2.11. The highest BCUT2D eigenvalue weighted by molar-refractivity contribution is 7.82. The fraction of sp³-hybridized carbons (Fsp3) is 0.600. The van der Waals surface area contributed by atoms with Crippen LogP contribution in [0.25, 0.3) is 0 Å². The van der Waals surface area contributed by atoms with Crippen molar-refractivity contribution in [3.63, 3.8) is 0 Å². The molecule has 0 saturated carbocycles. The smallest absolute Gasteiger partial charge is 0.122 e. The van der Waals surface area contributed by atoms with Gasteiger partial charge < -0.3 is 12.4 Å². The molecule has 0 aromatic rings. The number of halogens is 1. The molecule has 0 nitrogen and oxygen atoms in total. The topological polar surface area (TPSA) is 0 Å². The second-order valence-corrected chi connectivity index (χ2v) is 2.95. The van der Waals surface area contributed by atoms with Crippen LogP contribution < -0.4 is 12.4 Å². The van der Waals surface area contributed by atoms with Crippen molar-refractivity contribution in [3.05, 3.63) is 11.5 Å². The zero-order chi connectivity index (χ0) is 4.41. The molecule has 0 bridgehead atoms. The largest absolute Gasteiger partial charge is 1.00 e. The van der Waals surface area contributed by atoms with Gasteiger partial charge in [0.1, 0.15) is 10.7 Å². The Hall–Kier alpha value is 0.380. The predicted molar refractivity (Wildman–Crippen MR) is 32.0 cm³/mol. The number of hydrogen-bond acceptors (Lipinski definition) is 0. The molecule has 1 aliphatic heterocycles. The van der Waals surface area contributed by atoms with Crippen molar-refractivity contribution in [1.82, 2.24) is 0 Å². The van der Waals surface area contributed by atoms with Gasteiger partial charge in [0.25, 0.3) is 0 Å². The van der Waals surface area contributed by atoms with Crippen LogP contribution in [0.1, 0.15) is 12.8 Å². The van der Waals surface area contributed by atoms with Crippen LogP contribution in [0, 0.1) is 0 Å². The van der Waals surface area contributed by atoms with E-state index in [-0.39, 0.29) is 12.4 Å². The van der Waals surface area contributed by atoms with Crippen molar-refractivity contribution in [3.8, 4) is 0 Å². The lowest BCUT2D eigenvalue weighted by Gasteiger charge is -1.68. The lowest BCUT2D eigenvalue weighted by Crippen LogP contribution is -3.00. The van der Waals surface area contributed by atoms with Gasteiger partial charge in [0.05, 0.1) is 0 Å². The Morgan fingerprint density at radius 2 is 2.29 bits per heavy atom. The summed E-state index contributed by atoms with van der Waals surface area (Å²) in [6.45, 7) is 3.84. The van der Waals surface area contributed by atoms with E-state index in [1.54, 1.807) is 0 Å².